The first-order chi connectivity index (χ1) is 10.6. The molecule has 0 amide bonds. The maximum atomic E-state index is 13.8. The predicted octanol–water partition coefficient (Wildman–Crippen LogP) is 1.34. The van der Waals surface area contributed by atoms with Crippen LogP contribution in [0.3, 0.4) is 0 Å². The lowest BCUT2D eigenvalue weighted by Crippen LogP contribution is -2.17. The van der Waals surface area contributed by atoms with E-state index in [0.29, 0.717) is 16.6 Å². The zero-order chi connectivity index (χ0) is 15.7. The first-order valence-electron chi connectivity index (χ1n) is 6.39. The van der Waals surface area contributed by atoms with Crippen LogP contribution in [0, 0.1) is 11.6 Å². The van der Waals surface area contributed by atoms with Gasteiger partial charge in [-0.15, -0.1) is 0 Å². The third kappa shape index (κ3) is 2.34. The predicted molar refractivity (Wildman–Crippen MR) is 77.9 cm³/mol. The summed E-state index contributed by atoms with van der Waals surface area (Å²) in [5.74, 6) is 4.20. The Kier molecular flexibility index (Phi) is 3.42. The number of fused-ring (bicyclic) bond motifs is 1. The molecule has 0 fully saturated rings. The van der Waals surface area contributed by atoms with Gasteiger partial charge in [-0.1, -0.05) is 18.2 Å². The van der Waals surface area contributed by atoms with E-state index < -0.39 is 5.82 Å². The van der Waals surface area contributed by atoms with Gasteiger partial charge in [-0.2, -0.15) is 10.2 Å². The number of aromatic nitrogens is 3. The number of pyridine rings is 1. The lowest BCUT2D eigenvalue weighted by atomic mass is 10.2. The first kappa shape index (κ1) is 13.9. The summed E-state index contributed by atoms with van der Waals surface area (Å²) in [5.41, 5.74) is 6.67. The molecular weight excluding hydrogens is 290 g/mol. The maximum Gasteiger partial charge on any atom is 0.171 e. The van der Waals surface area contributed by atoms with Crippen LogP contribution in [0.4, 0.5) is 8.78 Å². The second kappa shape index (κ2) is 5.40. The van der Waals surface area contributed by atoms with Gasteiger partial charge >= 0.3 is 0 Å². The monoisotopic (exact) mass is 302 g/mol. The van der Waals surface area contributed by atoms with Gasteiger partial charge in [0.05, 0.1) is 18.1 Å². The lowest BCUT2D eigenvalue weighted by molar-refractivity contribution is 0.588. The normalized spacial score (nSPS) is 12.0. The van der Waals surface area contributed by atoms with Crippen LogP contribution >= 0.6 is 0 Å². The molecule has 0 unspecified atom stereocenters. The number of hydrogen-bond donors (Lipinski definition) is 2. The second-order valence-corrected chi connectivity index (χ2v) is 4.64. The fourth-order valence-corrected chi connectivity index (χ4v) is 2.18. The third-order valence-corrected chi connectivity index (χ3v) is 3.21. The molecule has 3 rings (SSSR count). The summed E-state index contributed by atoms with van der Waals surface area (Å²) in [6, 6.07) is 7.53. The SMILES string of the molecule is N/N=C(/N)c1nn(Cc2ccccc2F)c2ncc(F)cc12. The summed E-state index contributed by atoms with van der Waals surface area (Å²) >= 11 is 0. The fraction of sp³-hybridized carbons (Fsp3) is 0.0714. The molecule has 6 nitrogen and oxygen atoms in total. The van der Waals surface area contributed by atoms with Crippen molar-refractivity contribution in [1.82, 2.24) is 14.8 Å². The summed E-state index contributed by atoms with van der Waals surface area (Å²) in [7, 11) is 0. The van der Waals surface area contributed by atoms with Crippen molar-refractivity contribution in [3.05, 3.63) is 59.4 Å². The maximum absolute atomic E-state index is 13.8. The van der Waals surface area contributed by atoms with Crippen molar-refractivity contribution in [3.8, 4) is 0 Å². The number of halogens is 2. The Morgan fingerprint density at radius 3 is 2.77 bits per heavy atom. The summed E-state index contributed by atoms with van der Waals surface area (Å²) in [5, 5.41) is 7.96. The Balaban J connectivity index is 2.16. The molecule has 0 aliphatic heterocycles. The molecule has 0 saturated carbocycles. The van der Waals surface area contributed by atoms with Crippen molar-refractivity contribution < 1.29 is 8.78 Å². The van der Waals surface area contributed by atoms with E-state index in [0.717, 1.165) is 6.20 Å². The minimum atomic E-state index is -0.538. The third-order valence-electron chi connectivity index (χ3n) is 3.21. The molecule has 0 aliphatic carbocycles. The van der Waals surface area contributed by atoms with E-state index in [9.17, 15) is 8.78 Å². The number of nitrogens with zero attached hydrogens (tertiary/aromatic N) is 4. The van der Waals surface area contributed by atoms with Crippen molar-refractivity contribution in [1.29, 1.82) is 0 Å². The largest absolute Gasteiger partial charge is 0.380 e. The molecule has 0 saturated heterocycles. The van der Waals surface area contributed by atoms with Crippen molar-refractivity contribution >= 4 is 16.9 Å². The number of amidine groups is 1. The Bertz CT molecular complexity index is 871. The Hall–Kier alpha value is -3.03. The molecule has 1 aromatic carbocycles. The van der Waals surface area contributed by atoms with Crippen LogP contribution in [0.5, 0.6) is 0 Å². The van der Waals surface area contributed by atoms with Gasteiger partial charge in [0.25, 0.3) is 0 Å². The zero-order valence-electron chi connectivity index (χ0n) is 11.4. The molecule has 22 heavy (non-hydrogen) atoms. The van der Waals surface area contributed by atoms with E-state index in [4.69, 9.17) is 11.6 Å². The Labute approximate surface area is 124 Å². The minimum absolute atomic E-state index is 0.0512. The van der Waals surface area contributed by atoms with Gasteiger partial charge in [0.1, 0.15) is 17.3 Å². The van der Waals surface area contributed by atoms with E-state index in [2.05, 4.69) is 15.2 Å². The van der Waals surface area contributed by atoms with Crippen LogP contribution in [0.2, 0.25) is 0 Å². The fourth-order valence-electron chi connectivity index (χ4n) is 2.18. The van der Waals surface area contributed by atoms with E-state index in [1.165, 1.54) is 16.8 Å². The number of benzene rings is 1. The van der Waals surface area contributed by atoms with E-state index in [1.54, 1.807) is 18.2 Å². The van der Waals surface area contributed by atoms with Gasteiger partial charge in [0, 0.05) is 5.56 Å². The quantitative estimate of drug-likeness (QED) is 0.330. The van der Waals surface area contributed by atoms with Crippen LogP contribution in [0.15, 0.2) is 41.6 Å². The van der Waals surface area contributed by atoms with Gasteiger partial charge in [-0.25, -0.2) is 18.4 Å². The summed E-state index contributed by atoms with van der Waals surface area (Å²) < 4.78 is 28.6. The number of hydrogen-bond acceptors (Lipinski definition) is 4. The molecular formula is C14H12F2N6. The molecule has 4 N–H and O–H groups in total. The van der Waals surface area contributed by atoms with Gasteiger partial charge in [0.15, 0.2) is 11.5 Å². The van der Waals surface area contributed by atoms with Crippen LogP contribution in [0.25, 0.3) is 11.0 Å². The van der Waals surface area contributed by atoms with Crippen molar-refractivity contribution in [2.45, 2.75) is 6.54 Å². The number of nitrogens with two attached hydrogens (primary N) is 2. The minimum Gasteiger partial charge on any atom is -0.380 e. The van der Waals surface area contributed by atoms with Crippen LogP contribution < -0.4 is 11.6 Å². The molecule has 8 heteroatoms. The molecule has 112 valence electrons. The summed E-state index contributed by atoms with van der Waals surface area (Å²) in [6.45, 7) is 0.125. The highest BCUT2D eigenvalue weighted by molar-refractivity contribution is 6.06. The zero-order valence-corrected chi connectivity index (χ0v) is 11.4. The molecule has 2 aromatic heterocycles. The topological polar surface area (TPSA) is 95.1 Å². The van der Waals surface area contributed by atoms with Gasteiger partial charge < -0.3 is 11.6 Å². The molecule has 3 aromatic rings. The Morgan fingerprint density at radius 2 is 2.05 bits per heavy atom. The van der Waals surface area contributed by atoms with Crippen molar-refractivity contribution in [2.75, 3.05) is 0 Å². The molecule has 0 aliphatic rings. The average Bonchev–Trinajstić information content (AvgIpc) is 2.86. The smallest absolute Gasteiger partial charge is 0.171 e. The van der Waals surface area contributed by atoms with Gasteiger partial charge in [0.2, 0.25) is 0 Å². The second-order valence-electron chi connectivity index (χ2n) is 4.64. The standard InChI is InChI=1S/C14H12F2N6/c15-9-5-10-12(13(17)20-18)21-22(14(10)19-6-9)7-8-3-1-2-4-11(8)16/h1-6H,7,18H2,(H2,17,20). The molecule has 2 heterocycles. The number of hydrazone groups is 1. The lowest BCUT2D eigenvalue weighted by Gasteiger charge is -2.04. The summed E-state index contributed by atoms with van der Waals surface area (Å²) in [6.07, 6.45) is 1.06. The highest BCUT2D eigenvalue weighted by Crippen LogP contribution is 2.19. The van der Waals surface area contributed by atoms with E-state index in [-0.39, 0.29) is 23.9 Å². The molecule has 0 radical (unpaired) electrons. The number of rotatable bonds is 3. The highest BCUT2D eigenvalue weighted by Gasteiger charge is 2.16. The van der Waals surface area contributed by atoms with Crippen molar-refractivity contribution in [3.63, 3.8) is 0 Å². The Morgan fingerprint density at radius 1 is 1.27 bits per heavy atom. The van der Waals surface area contributed by atoms with Gasteiger partial charge in [-0.3, -0.25) is 0 Å². The molecule has 0 atom stereocenters. The van der Waals surface area contributed by atoms with Crippen LogP contribution in [-0.4, -0.2) is 20.6 Å². The van der Waals surface area contributed by atoms with Crippen molar-refractivity contribution in [2.24, 2.45) is 16.7 Å². The summed E-state index contributed by atoms with van der Waals surface area (Å²) in [4.78, 5) is 4.00. The van der Waals surface area contributed by atoms with Gasteiger partial charge in [-0.05, 0) is 12.1 Å². The van der Waals surface area contributed by atoms with Crippen LogP contribution in [0.1, 0.15) is 11.3 Å². The van der Waals surface area contributed by atoms with E-state index in [1.807, 2.05) is 0 Å². The van der Waals surface area contributed by atoms with E-state index >= 15 is 0 Å². The molecule has 0 spiro atoms. The molecule has 0 bridgehead atoms. The highest BCUT2D eigenvalue weighted by atomic mass is 19.1. The first-order valence-corrected chi connectivity index (χ1v) is 6.39. The average molecular weight is 302 g/mol. The van der Waals surface area contributed by atoms with Crippen LogP contribution in [-0.2, 0) is 6.54 Å².